The fourth-order valence-electron chi connectivity index (χ4n) is 4.31. The van der Waals surface area contributed by atoms with Crippen molar-refractivity contribution in [1.82, 2.24) is 5.32 Å². The highest BCUT2D eigenvalue weighted by Crippen LogP contribution is 2.50. The van der Waals surface area contributed by atoms with E-state index in [1.165, 1.54) is 0 Å². The number of carbonyl (C=O) groups is 1. The number of hydrogen-bond acceptors (Lipinski definition) is 5. The van der Waals surface area contributed by atoms with E-state index in [2.05, 4.69) is 21.7 Å². The lowest BCUT2D eigenvalue weighted by molar-refractivity contribution is -0.573. The monoisotopic (exact) mass is 391 g/mol. The quantitative estimate of drug-likeness (QED) is 0.389. The van der Waals surface area contributed by atoms with Gasteiger partial charge in [0.25, 0.3) is 5.91 Å². The van der Waals surface area contributed by atoms with Crippen molar-refractivity contribution in [2.45, 2.75) is 25.2 Å². The average molecular weight is 391 g/mol. The van der Waals surface area contributed by atoms with Gasteiger partial charge in [0.05, 0.1) is 18.4 Å². The lowest BCUT2D eigenvalue weighted by Crippen LogP contribution is -2.99. The summed E-state index contributed by atoms with van der Waals surface area (Å²) < 4.78 is 5.43. The molecule has 3 aliphatic rings. The Kier molecular flexibility index (Phi) is 4.11. The molecule has 0 saturated heterocycles. The van der Waals surface area contributed by atoms with Crippen LogP contribution in [0.4, 0.5) is 5.69 Å². The maximum absolute atomic E-state index is 11.9. The number of rotatable bonds is 3. The van der Waals surface area contributed by atoms with Gasteiger partial charge in [-0.15, -0.1) is 0 Å². The lowest BCUT2D eigenvalue weighted by atomic mass is 9.98. The van der Waals surface area contributed by atoms with Crippen molar-refractivity contribution in [3.05, 3.63) is 58.7 Å². The predicted octanol–water partition coefficient (Wildman–Crippen LogP) is 0.697. The molecule has 7 N–H and O–H groups in total. The van der Waals surface area contributed by atoms with E-state index >= 15 is 0 Å². The minimum atomic E-state index is -0.394. The summed E-state index contributed by atoms with van der Waals surface area (Å²) in [6, 6.07) is 11.6. The van der Waals surface area contributed by atoms with Gasteiger partial charge in [-0.2, -0.15) is 4.99 Å². The summed E-state index contributed by atoms with van der Waals surface area (Å²) in [7, 11) is 1.62. The van der Waals surface area contributed by atoms with E-state index < -0.39 is 6.29 Å². The number of hydrogen-bond donors (Lipinski definition) is 5. The minimum Gasteiger partial charge on any atom is -0.495 e. The Balaban J connectivity index is 1.42. The molecule has 3 atom stereocenters. The largest absolute Gasteiger partial charge is 0.495 e. The van der Waals surface area contributed by atoms with Crippen LogP contribution in [0.2, 0.25) is 0 Å². The standard InChI is InChI=1S/C21H22N6O2/c1-29-16-7-3-6-12-17(16)25-21(23)27-19(12)26-18(22)14-8-13(14)10-4-2-5-11-15(10)9-24-20(11)28/h2-7,13-14,21,25H,8-9,23H2,1H3,(H,24,28)(H2,22,26,27)/p+1. The minimum absolute atomic E-state index is 0.0155. The number of ether oxygens (including phenoxy) is 1. The molecule has 1 fully saturated rings. The summed E-state index contributed by atoms with van der Waals surface area (Å²) in [5, 5.41) is 16.5. The third-order valence-corrected chi connectivity index (χ3v) is 5.84. The number of carbonyl (C=O) groups excluding carboxylic acids is 1. The Bertz CT molecular complexity index is 1060. The molecular weight excluding hydrogens is 368 g/mol. The molecule has 2 aromatic rings. The number of amides is 1. The first kappa shape index (κ1) is 17.8. The molecule has 2 aliphatic heterocycles. The van der Waals surface area contributed by atoms with E-state index in [4.69, 9.17) is 15.9 Å². The first-order valence-corrected chi connectivity index (χ1v) is 9.68. The zero-order chi connectivity index (χ0) is 20.1. The van der Waals surface area contributed by atoms with Gasteiger partial charge < -0.3 is 15.4 Å². The van der Waals surface area contributed by atoms with Crippen molar-refractivity contribution in [3.63, 3.8) is 0 Å². The highest BCUT2D eigenvalue weighted by molar-refractivity contribution is 6.06. The summed E-state index contributed by atoms with van der Waals surface area (Å²) in [6.07, 6.45) is 0.477. The van der Waals surface area contributed by atoms with Gasteiger partial charge >= 0.3 is 0 Å². The van der Waals surface area contributed by atoms with Gasteiger partial charge in [-0.25, -0.2) is 0 Å². The second-order valence-electron chi connectivity index (χ2n) is 7.61. The third kappa shape index (κ3) is 2.97. The second-order valence-corrected chi connectivity index (χ2v) is 7.61. The molecule has 1 amide bonds. The first-order chi connectivity index (χ1) is 14.1. The summed E-state index contributed by atoms with van der Waals surface area (Å²) in [5.41, 5.74) is 10.8. The SMILES string of the molecule is COc1cccc2c1NC(N)[NH2+]C2=NC(=N)C1CC1c1cccc2c1CNC2=O. The van der Waals surface area contributed by atoms with Gasteiger partial charge in [0, 0.05) is 18.0 Å². The zero-order valence-corrected chi connectivity index (χ0v) is 16.0. The van der Waals surface area contributed by atoms with Gasteiger partial charge in [-0.05, 0) is 41.7 Å². The third-order valence-electron chi connectivity index (χ3n) is 5.84. The number of benzene rings is 2. The lowest BCUT2D eigenvalue weighted by Gasteiger charge is -2.24. The highest BCUT2D eigenvalue weighted by Gasteiger charge is 2.44. The van der Waals surface area contributed by atoms with E-state index in [0.29, 0.717) is 24.0 Å². The van der Waals surface area contributed by atoms with E-state index in [0.717, 1.165) is 34.4 Å². The van der Waals surface area contributed by atoms with E-state index in [1.54, 1.807) is 7.11 Å². The molecule has 0 bridgehead atoms. The number of para-hydroxylation sites is 1. The Morgan fingerprint density at radius 1 is 1.28 bits per heavy atom. The number of fused-ring (bicyclic) bond motifs is 2. The number of nitrogens with one attached hydrogen (secondary N) is 3. The second kappa shape index (κ2) is 6.68. The molecule has 148 valence electrons. The van der Waals surface area contributed by atoms with Crippen LogP contribution in [0.5, 0.6) is 5.75 Å². The molecule has 0 radical (unpaired) electrons. The van der Waals surface area contributed by atoms with Crippen molar-refractivity contribution in [1.29, 1.82) is 5.41 Å². The molecule has 0 spiro atoms. The van der Waals surface area contributed by atoms with Gasteiger partial charge in [0.2, 0.25) is 12.1 Å². The average Bonchev–Trinajstić information content (AvgIpc) is 3.44. The van der Waals surface area contributed by atoms with E-state index in [9.17, 15) is 4.79 Å². The highest BCUT2D eigenvalue weighted by atomic mass is 16.5. The Morgan fingerprint density at radius 3 is 2.90 bits per heavy atom. The molecule has 1 aliphatic carbocycles. The van der Waals surface area contributed by atoms with E-state index in [1.807, 2.05) is 35.6 Å². The molecular formula is C21H23N6O2+. The molecule has 8 nitrogen and oxygen atoms in total. The van der Waals surface area contributed by atoms with Gasteiger partial charge in [0.1, 0.15) is 11.6 Å². The Morgan fingerprint density at radius 2 is 2.07 bits per heavy atom. The van der Waals surface area contributed by atoms with Crippen molar-refractivity contribution >= 4 is 23.3 Å². The van der Waals surface area contributed by atoms with E-state index in [-0.39, 0.29) is 17.7 Å². The van der Waals surface area contributed by atoms with Gasteiger partial charge in [0.15, 0.2) is 0 Å². The van der Waals surface area contributed by atoms with Crippen LogP contribution in [0.15, 0.2) is 41.4 Å². The molecule has 0 aromatic heterocycles. The molecule has 8 heteroatoms. The summed E-state index contributed by atoms with van der Waals surface area (Å²) >= 11 is 0. The Hall–Kier alpha value is -3.23. The van der Waals surface area contributed by atoms with Crippen molar-refractivity contribution in [2.24, 2.45) is 16.6 Å². The van der Waals surface area contributed by atoms with Crippen LogP contribution in [0.3, 0.4) is 0 Å². The number of nitrogens with two attached hydrogens (primary N) is 2. The molecule has 5 rings (SSSR count). The van der Waals surface area contributed by atoms with Crippen LogP contribution >= 0.6 is 0 Å². The van der Waals surface area contributed by atoms with Crippen molar-refractivity contribution < 1.29 is 14.8 Å². The fourth-order valence-corrected chi connectivity index (χ4v) is 4.31. The Labute approximate surface area is 168 Å². The van der Waals surface area contributed by atoms with Crippen LogP contribution in [-0.2, 0) is 6.54 Å². The van der Waals surface area contributed by atoms with Crippen molar-refractivity contribution in [2.75, 3.05) is 12.4 Å². The topological polar surface area (TPSA) is 129 Å². The molecule has 3 unspecified atom stereocenters. The normalized spacial score (nSPS) is 25.7. The van der Waals surface area contributed by atoms with Gasteiger partial charge in [-0.3, -0.25) is 21.3 Å². The zero-order valence-electron chi connectivity index (χ0n) is 16.0. The van der Waals surface area contributed by atoms with Crippen molar-refractivity contribution in [3.8, 4) is 5.75 Å². The summed E-state index contributed by atoms with van der Waals surface area (Å²) in [6.45, 7) is 0.566. The summed E-state index contributed by atoms with van der Waals surface area (Å²) in [5.74, 6) is 2.01. The van der Waals surface area contributed by atoms with Crippen LogP contribution < -0.4 is 26.4 Å². The maximum atomic E-state index is 11.9. The van der Waals surface area contributed by atoms with Gasteiger partial charge in [-0.1, -0.05) is 18.2 Å². The number of amidine groups is 2. The fraction of sp³-hybridized carbons (Fsp3) is 0.286. The maximum Gasteiger partial charge on any atom is 0.251 e. The predicted molar refractivity (Wildman–Crippen MR) is 109 cm³/mol. The number of aliphatic imine (C=N–C) groups is 1. The molecule has 2 aromatic carbocycles. The molecule has 2 heterocycles. The number of anilines is 1. The number of nitrogens with zero attached hydrogens (tertiary/aromatic N) is 1. The molecule has 29 heavy (non-hydrogen) atoms. The smallest absolute Gasteiger partial charge is 0.251 e. The molecule has 1 saturated carbocycles. The van der Waals surface area contributed by atoms with Crippen LogP contribution in [-0.4, -0.2) is 31.0 Å². The number of methoxy groups -OCH3 is 1. The number of quaternary nitrogens is 1. The summed E-state index contributed by atoms with van der Waals surface area (Å²) in [4.78, 5) is 16.6. The van der Waals surface area contributed by atoms with Crippen LogP contribution in [0.25, 0.3) is 0 Å². The van der Waals surface area contributed by atoms with Crippen LogP contribution in [0.1, 0.15) is 39.4 Å². The first-order valence-electron chi connectivity index (χ1n) is 9.68. The van der Waals surface area contributed by atoms with Crippen LogP contribution in [0, 0.1) is 11.3 Å².